The van der Waals surface area contributed by atoms with Crippen molar-refractivity contribution in [2.75, 3.05) is 32.2 Å². The van der Waals surface area contributed by atoms with Gasteiger partial charge in [-0.25, -0.2) is 0 Å². The van der Waals surface area contributed by atoms with Crippen LogP contribution in [0.4, 0.5) is 5.69 Å². The molecule has 0 radical (unpaired) electrons. The zero-order valence-corrected chi connectivity index (χ0v) is 14.1. The Hall–Kier alpha value is -2.36. The Morgan fingerprint density at radius 1 is 1.17 bits per heavy atom. The van der Waals surface area contributed by atoms with Crippen LogP contribution in [0.5, 0.6) is 0 Å². The highest BCUT2D eigenvalue weighted by Gasteiger charge is 2.30. The molecule has 0 bridgehead atoms. The second kappa shape index (κ2) is 7.77. The van der Waals surface area contributed by atoms with E-state index in [9.17, 15) is 5.53 Å². The minimum absolute atomic E-state index is 0.389. The Morgan fingerprint density at radius 2 is 1.91 bits per heavy atom. The first-order valence-corrected chi connectivity index (χ1v) is 7.79. The summed E-state index contributed by atoms with van der Waals surface area (Å²) < 4.78 is 11.5. The van der Waals surface area contributed by atoms with Crippen LogP contribution in [-0.2, 0) is 9.47 Å². The molecular formula is C18H23N3O2. The zero-order chi connectivity index (χ0) is 16.8. The normalized spacial score (nSPS) is 17.2. The van der Waals surface area contributed by atoms with Gasteiger partial charge >= 0.3 is 5.71 Å². The fraction of sp³-hybridized carbons (Fsp3) is 0.389. The van der Waals surface area contributed by atoms with E-state index in [1.807, 2.05) is 46.2 Å². The Labute approximate surface area is 137 Å². The molecule has 5 nitrogen and oxygen atoms in total. The van der Waals surface area contributed by atoms with Crippen LogP contribution in [0.2, 0.25) is 0 Å². The van der Waals surface area contributed by atoms with E-state index < -0.39 is 0 Å². The Bertz CT molecular complexity index is 671. The number of ether oxygens (including phenoxy) is 2. The molecule has 0 fully saturated rings. The summed E-state index contributed by atoms with van der Waals surface area (Å²) in [6.45, 7) is 4.91. The van der Waals surface area contributed by atoms with Crippen LogP contribution in [0.1, 0.15) is 19.4 Å². The van der Waals surface area contributed by atoms with Crippen molar-refractivity contribution < 1.29 is 14.3 Å². The van der Waals surface area contributed by atoms with E-state index in [4.69, 9.17) is 9.47 Å². The lowest BCUT2D eigenvalue weighted by molar-refractivity contribution is -0.0220. The van der Waals surface area contributed by atoms with Crippen LogP contribution >= 0.6 is 0 Å². The molecule has 23 heavy (non-hydrogen) atoms. The van der Waals surface area contributed by atoms with E-state index in [1.54, 1.807) is 6.08 Å². The van der Waals surface area contributed by atoms with E-state index in [1.165, 1.54) is 0 Å². The summed E-state index contributed by atoms with van der Waals surface area (Å²) >= 11 is 0. The van der Waals surface area contributed by atoms with Crippen molar-refractivity contribution in [1.82, 2.24) is 0 Å². The molecule has 0 spiro atoms. The first-order valence-electron chi connectivity index (χ1n) is 7.79. The van der Waals surface area contributed by atoms with Gasteiger partial charge in [0, 0.05) is 37.5 Å². The summed E-state index contributed by atoms with van der Waals surface area (Å²) in [6.07, 6.45) is 3.30. The molecule has 0 heterocycles. The molecule has 1 aliphatic carbocycles. The van der Waals surface area contributed by atoms with E-state index >= 15 is 0 Å². The number of allylic oxidation sites excluding steroid dienone is 1. The number of anilines is 1. The van der Waals surface area contributed by atoms with E-state index in [-0.39, 0.29) is 6.10 Å². The van der Waals surface area contributed by atoms with Crippen molar-refractivity contribution in [2.24, 2.45) is 0 Å². The summed E-state index contributed by atoms with van der Waals surface area (Å²) in [7, 11) is 4.01. The van der Waals surface area contributed by atoms with Crippen molar-refractivity contribution in [1.29, 1.82) is 0 Å². The smallest absolute Gasteiger partial charge is 0.328 e. The van der Waals surface area contributed by atoms with Gasteiger partial charge in [0.1, 0.15) is 5.76 Å². The number of hydrogen-bond acceptors (Lipinski definition) is 3. The van der Waals surface area contributed by atoms with Crippen molar-refractivity contribution in [3.63, 3.8) is 0 Å². The third-order valence-electron chi connectivity index (χ3n) is 3.59. The number of benzene rings is 1. The first kappa shape index (κ1) is 17.0. The molecule has 1 aromatic rings. The lowest BCUT2D eigenvalue weighted by Gasteiger charge is -2.23. The second-order valence-corrected chi connectivity index (χ2v) is 5.33. The van der Waals surface area contributed by atoms with Gasteiger partial charge in [-0.2, -0.15) is 4.79 Å². The minimum Gasteiger partial charge on any atom is -0.493 e. The van der Waals surface area contributed by atoms with E-state index in [0.717, 1.165) is 16.8 Å². The van der Waals surface area contributed by atoms with Gasteiger partial charge in [0.2, 0.25) is 0 Å². The molecule has 122 valence electrons. The lowest BCUT2D eigenvalue weighted by atomic mass is 9.93. The lowest BCUT2D eigenvalue weighted by Crippen LogP contribution is -2.26. The summed E-state index contributed by atoms with van der Waals surface area (Å²) in [5.74, 6) is 0.686. The van der Waals surface area contributed by atoms with Crippen molar-refractivity contribution in [3.05, 3.63) is 53.3 Å². The molecule has 2 rings (SSSR count). The standard InChI is InChI=1S/C18H23N3O2/c1-5-22-17-12-15(20-19)18(23-6-2)11-14(17)13-9-7-8-10-16(13)21(3)4/h7-12,18H,5-6H2,1-4H3. The molecule has 0 amide bonds. The van der Waals surface area contributed by atoms with Crippen LogP contribution in [0.3, 0.4) is 0 Å². The maximum atomic E-state index is 9.24. The van der Waals surface area contributed by atoms with E-state index in [0.29, 0.717) is 24.7 Å². The molecule has 1 atom stereocenters. The van der Waals surface area contributed by atoms with E-state index in [2.05, 4.69) is 21.8 Å². The van der Waals surface area contributed by atoms with Gasteiger partial charge in [-0.05, 0) is 26.0 Å². The predicted octanol–water partition coefficient (Wildman–Crippen LogP) is 3.15. The second-order valence-electron chi connectivity index (χ2n) is 5.33. The molecular weight excluding hydrogens is 290 g/mol. The summed E-state index contributed by atoms with van der Waals surface area (Å²) in [6, 6.07) is 8.12. The molecule has 0 N–H and O–H groups in total. The molecule has 0 aliphatic heterocycles. The number of nitrogens with zero attached hydrogens (tertiary/aromatic N) is 3. The highest BCUT2D eigenvalue weighted by Crippen LogP contribution is 2.34. The van der Waals surface area contributed by atoms with Crippen LogP contribution in [-0.4, -0.2) is 43.9 Å². The number of rotatable bonds is 6. The first-order chi connectivity index (χ1) is 11.1. The largest absolute Gasteiger partial charge is 0.493 e. The maximum Gasteiger partial charge on any atom is 0.328 e. The van der Waals surface area contributed by atoms with Crippen LogP contribution in [0, 0.1) is 0 Å². The minimum atomic E-state index is -0.389. The molecule has 1 aromatic carbocycles. The predicted molar refractivity (Wildman–Crippen MR) is 92.5 cm³/mol. The molecule has 5 heteroatoms. The average Bonchev–Trinajstić information content (AvgIpc) is 2.56. The van der Waals surface area contributed by atoms with Crippen molar-refractivity contribution >= 4 is 17.0 Å². The van der Waals surface area contributed by atoms with Gasteiger partial charge in [0.25, 0.3) is 0 Å². The SMILES string of the molecule is CCOC1=CC(=[N+]=[N-])C(OCC)C=C1c1ccccc1N(C)C. The van der Waals surface area contributed by atoms with Gasteiger partial charge in [-0.1, -0.05) is 18.2 Å². The topological polar surface area (TPSA) is 58.1 Å². The van der Waals surface area contributed by atoms with Crippen molar-refractivity contribution in [3.8, 4) is 0 Å². The molecule has 1 unspecified atom stereocenters. The number of hydrogen-bond donors (Lipinski definition) is 0. The quantitative estimate of drug-likeness (QED) is 0.599. The Balaban J connectivity index is 2.56. The fourth-order valence-electron chi connectivity index (χ4n) is 2.60. The highest BCUT2D eigenvalue weighted by atomic mass is 16.5. The monoisotopic (exact) mass is 313 g/mol. The van der Waals surface area contributed by atoms with Gasteiger partial charge in [-0.3, -0.25) is 0 Å². The highest BCUT2D eigenvalue weighted by molar-refractivity contribution is 6.04. The van der Waals surface area contributed by atoms with Gasteiger partial charge in [0.05, 0.1) is 12.7 Å². The third kappa shape index (κ3) is 3.70. The summed E-state index contributed by atoms with van der Waals surface area (Å²) in [5, 5.41) is 0. The summed E-state index contributed by atoms with van der Waals surface area (Å²) in [4.78, 5) is 5.41. The van der Waals surface area contributed by atoms with Crippen LogP contribution in [0.25, 0.3) is 11.1 Å². The fourth-order valence-corrected chi connectivity index (χ4v) is 2.60. The number of para-hydroxylation sites is 1. The average molecular weight is 313 g/mol. The van der Waals surface area contributed by atoms with Gasteiger partial charge in [-0.15, -0.1) is 0 Å². The molecule has 0 aromatic heterocycles. The van der Waals surface area contributed by atoms with Gasteiger partial charge in [0.15, 0.2) is 6.10 Å². The summed E-state index contributed by atoms with van der Waals surface area (Å²) in [5.41, 5.74) is 12.8. The van der Waals surface area contributed by atoms with Gasteiger partial charge < -0.3 is 19.9 Å². The Kier molecular flexibility index (Phi) is 5.74. The van der Waals surface area contributed by atoms with Crippen LogP contribution in [0.15, 0.2) is 42.2 Å². The zero-order valence-electron chi connectivity index (χ0n) is 14.1. The molecule has 1 aliphatic rings. The third-order valence-corrected chi connectivity index (χ3v) is 3.59. The van der Waals surface area contributed by atoms with Crippen molar-refractivity contribution in [2.45, 2.75) is 20.0 Å². The maximum absolute atomic E-state index is 9.24. The molecule has 0 saturated carbocycles. The Morgan fingerprint density at radius 3 is 2.52 bits per heavy atom. The molecule has 0 saturated heterocycles. The van der Waals surface area contributed by atoms with Crippen LogP contribution < -0.4 is 4.90 Å².